The molecule has 1 aliphatic heterocycles. The summed E-state index contributed by atoms with van der Waals surface area (Å²) < 4.78 is 13.2. The minimum absolute atomic E-state index is 0.176. The molecule has 1 heterocycles. The maximum Gasteiger partial charge on any atom is 0.250 e. The first-order valence-electron chi connectivity index (χ1n) is 6.99. The van der Waals surface area contributed by atoms with Gasteiger partial charge in [-0.2, -0.15) is 0 Å². The normalized spacial score (nSPS) is 26.2. The van der Waals surface area contributed by atoms with Crippen molar-refractivity contribution in [1.29, 1.82) is 0 Å². The molecular weight excluding hydrogens is 271 g/mol. The summed E-state index contributed by atoms with van der Waals surface area (Å²) in [6, 6.07) is 5.76. The molecule has 1 aromatic rings. The van der Waals surface area contributed by atoms with E-state index >= 15 is 0 Å². The standard InChI is InChI=1S/C16H17FN2O2/c1-10(2)14(20)19-7-6-11-9-16(11,19)15(21)18-13-5-3-4-12(17)8-13/h3-5,8,11H,1,6-7,9H2,2H3,(H,18,21). The lowest BCUT2D eigenvalue weighted by molar-refractivity contribution is -0.135. The number of benzene rings is 1. The predicted octanol–water partition coefficient (Wildman–Crippen LogP) is 2.33. The van der Waals surface area contributed by atoms with E-state index in [0.29, 0.717) is 24.2 Å². The highest BCUT2D eigenvalue weighted by molar-refractivity contribution is 6.06. The third kappa shape index (κ3) is 2.13. The van der Waals surface area contributed by atoms with Crippen molar-refractivity contribution in [2.45, 2.75) is 25.3 Å². The number of anilines is 1. The van der Waals surface area contributed by atoms with Crippen LogP contribution in [-0.4, -0.2) is 28.8 Å². The molecule has 2 unspecified atom stereocenters. The van der Waals surface area contributed by atoms with Gasteiger partial charge in [0.1, 0.15) is 11.4 Å². The molecule has 2 aliphatic rings. The van der Waals surface area contributed by atoms with E-state index in [1.807, 2.05) is 0 Å². The minimum Gasteiger partial charge on any atom is -0.324 e. The Bertz CT molecular complexity index is 643. The van der Waals surface area contributed by atoms with Crippen LogP contribution in [0.4, 0.5) is 10.1 Å². The Balaban J connectivity index is 1.81. The van der Waals surface area contributed by atoms with Crippen molar-refractivity contribution in [3.05, 3.63) is 42.2 Å². The van der Waals surface area contributed by atoms with E-state index in [1.54, 1.807) is 24.0 Å². The lowest BCUT2D eigenvalue weighted by Gasteiger charge is -2.27. The first-order valence-corrected chi connectivity index (χ1v) is 6.99. The molecule has 0 bridgehead atoms. The number of rotatable bonds is 3. The van der Waals surface area contributed by atoms with Crippen LogP contribution in [0.3, 0.4) is 0 Å². The van der Waals surface area contributed by atoms with E-state index in [0.717, 1.165) is 6.42 Å². The average molecular weight is 288 g/mol. The van der Waals surface area contributed by atoms with Gasteiger partial charge in [0.15, 0.2) is 0 Å². The Morgan fingerprint density at radius 2 is 2.24 bits per heavy atom. The number of carbonyl (C=O) groups is 2. The molecule has 2 amide bonds. The first kappa shape index (κ1) is 13.8. The molecule has 1 saturated heterocycles. The van der Waals surface area contributed by atoms with Gasteiger partial charge in [-0.1, -0.05) is 12.6 Å². The quantitative estimate of drug-likeness (QED) is 0.868. The Morgan fingerprint density at radius 3 is 2.86 bits per heavy atom. The summed E-state index contributed by atoms with van der Waals surface area (Å²) in [7, 11) is 0. The number of amides is 2. The molecular formula is C16H17FN2O2. The van der Waals surface area contributed by atoms with Crippen LogP contribution in [0, 0.1) is 11.7 Å². The van der Waals surface area contributed by atoms with E-state index in [4.69, 9.17) is 0 Å². The lowest BCUT2D eigenvalue weighted by Crippen LogP contribution is -2.48. The molecule has 0 radical (unpaired) electrons. The number of nitrogens with one attached hydrogen (secondary N) is 1. The fourth-order valence-corrected chi connectivity index (χ4v) is 3.19. The van der Waals surface area contributed by atoms with Gasteiger partial charge in [-0.3, -0.25) is 9.59 Å². The summed E-state index contributed by atoms with van der Waals surface area (Å²) in [5.41, 5.74) is 0.0812. The van der Waals surface area contributed by atoms with E-state index in [1.165, 1.54) is 12.1 Å². The minimum atomic E-state index is -0.762. The van der Waals surface area contributed by atoms with Gasteiger partial charge < -0.3 is 10.2 Å². The summed E-state index contributed by atoms with van der Waals surface area (Å²) in [6.07, 6.45) is 1.50. The smallest absolute Gasteiger partial charge is 0.250 e. The van der Waals surface area contributed by atoms with Crippen molar-refractivity contribution in [1.82, 2.24) is 4.90 Å². The number of likely N-dealkylation sites (tertiary alicyclic amines) is 1. The number of hydrogen-bond donors (Lipinski definition) is 1. The van der Waals surface area contributed by atoms with Gasteiger partial charge in [0.2, 0.25) is 5.91 Å². The van der Waals surface area contributed by atoms with Gasteiger partial charge in [0.05, 0.1) is 0 Å². The number of hydrogen-bond acceptors (Lipinski definition) is 2. The van der Waals surface area contributed by atoms with Crippen LogP contribution in [0.15, 0.2) is 36.4 Å². The van der Waals surface area contributed by atoms with Crippen LogP contribution in [0.1, 0.15) is 19.8 Å². The summed E-state index contributed by atoms with van der Waals surface area (Å²) >= 11 is 0. The second kappa shape index (κ2) is 4.69. The Labute approximate surface area is 122 Å². The molecule has 2 fully saturated rings. The van der Waals surface area contributed by atoms with Gasteiger partial charge in [-0.05, 0) is 43.9 Å². The third-order valence-electron chi connectivity index (χ3n) is 4.34. The predicted molar refractivity (Wildman–Crippen MR) is 77.0 cm³/mol. The summed E-state index contributed by atoms with van der Waals surface area (Å²) in [6.45, 7) is 5.89. The van der Waals surface area contributed by atoms with Crippen molar-refractivity contribution < 1.29 is 14.0 Å². The van der Waals surface area contributed by atoms with Gasteiger partial charge in [-0.15, -0.1) is 0 Å². The molecule has 1 N–H and O–H groups in total. The van der Waals surface area contributed by atoms with Crippen molar-refractivity contribution in [3.63, 3.8) is 0 Å². The van der Waals surface area contributed by atoms with Crippen LogP contribution in [0.5, 0.6) is 0 Å². The van der Waals surface area contributed by atoms with Crippen LogP contribution >= 0.6 is 0 Å². The topological polar surface area (TPSA) is 49.4 Å². The highest BCUT2D eigenvalue weighted by Gasteiger charge is 2.68. The van der Waals surface area contributed by atoms with E-state index in [-0.39, 0.29) is 17.7 Å². The van der Waals surface area contributed by atoms with Gasteiger partial charge in [0, 0.05) is 17.8 Å². The third-order valence-corrected chi connectivity index (χ3v) is 4.34. The molecule has 5 heteroatoms. The van der Waals surface area contributed by atoms with Gasteiger partial charge in [0.25, 0.3) is 5.91 Å². The zero-order valence-corrected chi connectivity index (χ0v) is 11.9. The van der Waals surface area contributed by atoms with Crippen molar-refractivity contribution in [2.75, 3.05) is 11.9 Å². The fraction of sp³-hybridized carbons (Fsp3) is 0.375. The molecule has 1 aromatic carbocycles. The van der Waals surface area contributed by atoms with Gasteiger partial charge >= 0.3 is 0 Å². The van der Waals surface area contributed by atoms with Crippen LogP contribution in [-0.2, 0) is 9.59 Å². The largest absolute Gasteiger partial charge is 0.324 e. The summed E-state index contributed by atoms with van der Waals surface area (Å²) in [5, 5.41) is 2.73. The average Bonchev–Trinajstić information content (AvgIpc) is 3.05. The van der Waals surface area contributed by atoms with Crippen molar-refractivity contribution in [3.8, 4) is 0 Å². The Morgan fingerprint density at radius 1 is 1.48 bits per heavy atom. The molecule has 1 saturated carbocycles. The molecule has 2 atom stereocenters. The molecule has 0 aromatic heterocycles. The SMILES string of the molecule is C=C(C)C(=O)N1CCC2CC21C(=O)Nc1cccc(F)c1. The van der Waals surface area contributed by atoms with Crippen molar-refractivity contribution >= 4 is 17.5 Å². The first-order chi connectivity index (χ1) is 9.95. The second-order valence-electron chi connectivity index (χ2n) is 5.82. The highest BCUT2D eigenvalue weighted by atomic mass is 19.1. The Hall–Kier alpha value is -2.17. The number of halogens is 1. The molecule has 110 valence electrons. The zero-order valence-electron chi connectivity index (χ0n) is 11.9. The Kier molecular flexibility index (Phi) is 3.08. The van der Waals surface area contributed by atoms with E-state index in [9.17, 15) is 14.0 Å². The summed E-state index contributed by atoms with van der Waals surface area (Å²) in [4.78, 5) is 26.4. The molecule has 3 rings (SSSR count). The molecule has 21 heavy (non-hydrogen) atoms. The monoisotopic (exact) mass is 288 g/mol. The molecule has 0 spiro atoms. The maximum atomic E-state index is 13.2. The highest BCUT2D eigenvalue weighted by Crippen LogP contribution is 2.56. The number of piperidine rings is 1. The van der Waals surface area contributed by atoms with Crippen molar-refractivity contribution in [2.24, 2.45) is 5.92 Å². The van der Waals surface area contributed by atoms with Gasteiger partial charge in [-0.25, -0.2) is 4.39 Å². The van der Waals surface area contributed by atoms with E-state index < -0.39 is 11.4 Å². The zero-order chi connectivity index (χ0) is 15.2. The maximum absolute atomic E-state index is 13.2. The van der Waals surface area contributed by atoms with Crippen LogP contribution in [0.2, 0.25) is 0 Å². The number of fused-ring (bicyclic) bond motifs is 1. The molecule has 4 nitrogen and oxygen atoms in total. The summed E-state index contributed by atoms with van der Waals surface area (Å²) in [5.74, 6) is -0.608. The number of nitrogens with zero attached hydrogens (tertiary/aromatic N) is 1. The van der Waals surface area contributed by atoms with Crippen LogP contribution in [0.25, 0.3) is 0 Å². The van der Waals surface area contributed by atoms with Crippen LogP contribution < -0.4 is 5.32 Å². The second-order valence-corrected chi connectivity index (χ2v) is 5.82. The molecule has 1 aliphatic carbocycles. The van der Waals surface area contributed by atoms with E-state index in [2.05, 4.69) is 11.9 Å². The lowest BCUT2D eigenvalue weighted by atomic mass is 10.1. The number of carbonyl (C=O) groups excluding carboxylic acids is 2. The fourth-order valence-electron chi connectivity index (χ4n) is 3.19.